The van der Waals surface area contributed by atoms with E-state index < -0.39 is 6.10 Å². The maximum absolute atomic E-state index is 13.0. The molecule has 0 radical (unpaired) electrons. The summed E-state index contributed by atoms with van der Waals surface area (Å²) in [5.74, 6) is -0.326. The number of halogens is 2. The van der Waals surface area contributed by atoms with Gasteiger partial charge >= 0.3 is 0 Å². The Morgan fingerprint density at radius 3 is 2.68 bits per heavy atom. The van der Waals surface area contributed by atoms with Crippen LogP contribution >= 0.6 is 15.9 Å². The number of aryl methyl sites for hydroxylation is 1. The molecule has 0 spiro atoms. The van der Waals surface area contributed by atoms with E-state index in [2.05, 4.69) is 27.8 Å². The molecular formula is C15H15BrFNO. The number of pyridine rings is 1. The van der Waals surface area contributed by atoms with E-state index in [0.717, 1.165) is 12.1 Å². The van der Waals surface area contributed by atoms with Gasteiger partial charge in [-0.15, -0.1) is 0 Å². The van der Waals surface area contributed by atoms with Crippen molar-refractivity contribution in [1.29, 1.82) is 0 Å². The van der Waals surface area contributed by atoms with Crippen molar-refractivity contribution in [1.82, 2.24) is 4.98 Å². The van der Waals surface area contributed by atoms with Crippen molar-refractivity contribution >= 4 is 15.9 Å². The topological polar surface area (TPSA) is 33.1 Å². The van der Waals surface area contributed by atoms with Crippen LogP contribution in [0.15, 0.2) is 41.0 Å². The van der Waals surface area contributed by atoms with Crippen molar-refractivity contribution in [2.24, 2.45) is 0 Å². The van der Waals surface area contributed by atoms with Crippen molar-refractivity contribution in [2.75, 3.05) is 0 Å². The van der Waals surface area contributed by atoms with E-state index in [1.165, 1.54) is 17.7 Å². The highest BCUT2D eigenvalue weighted by Gasteiger charge is 2.13. The SMILES string of the molecule is CCc1ccc(CC(O)c2ccc(F)cc2Br)nc1. The second-order valence-electron chi connectivity index (χ2n) is 4.40. The third kappa shape index (κ3) is 3.61. The van der Waals surface area contributed by atoms with Gasteiger partial charge in [-0.3, -0.25) is 4.98 Å². The smallest absolute Gasteiger partial charge is 0.124 e. The summed E-state index contributed by atoms with van der Waals surface area (Å²) in [5, 5.41) is 10.2. The molecule has 0 saturated heterocycles. The maximum atomic E-state index is 13.0. The first-order valence-electron chi connectivity index (χ1n) is 6.17. The van der Waals surface area contributed by atoms with Gasteiger partial charge in [0, 0.05) is 22.8 Å². The maximum Gasteiger partial charge on any atom is 0.124 e. The van der Waals surface area contributed by atoms with Crippen LogP contribution in [0, 0.1) is 5.82 Å². The van der Waals surface area contributed by atoms with Gasteiger partial charge in [-0.1, -0.05) is 35.0 Å². The molecular weight excluding hydrogens is 309 g/mol. The molecule has 4 heteroatoms. The molecule has 0 amide bonds. The number of aliphatic hydroxyl groups excluding tert-OH is 1. The minimum atomic E-state index is -0.699. The largest absolute Gasteiger partial charge is 0.388 e. The molecule has 1 aromatic carbocycles. The molecule has 0 fully saturated rings. The zero-order valence-electron chi connectivity index (χ0n) is 10.6. The standard InChI is InChI=1S/C15H15BrFNO/c1-2-10-3-5-12(18-9-10)8-15(19)13-6-4-11(17)7-14(13)16/h3-7,9,15,19H,2,8H2,1H3. The van der Waals surface area contributed by atoms with Gasteiger partial charge in [0.15, 0.2) is 0 Å². The molecule has 0 aliphatic carbocycles. The van der Waals surface area contributed by atoms with E-state index in [9.17, 15) is 9.50 Å². The van der Waals surface area contributed by atoms with Crippen LogP contribution in [0.2, 0.25) is 0 Å². The Morgan fingerprint density at radius 1 is 1.32 bits per heavy atom. The molecule has 1 unspecified atom stereocenters. The predicted molar refractivity (Wildman–Crippen MR) is 76.4 cm³/mol. The molecule has 2 rings (SSSR count). The van der Waals surface area contributed by atoms with E-state index in [-0.39, 0.29) is 5.82 Å². The third-order valence-corrected chi connectivity index (χ3v) is 3.70. The van der Waals surface area contributed by atoms with Gasteiger partial charge in [-0.2, -0.15) is 0 Å². The lowest BCUT2D eigenvalue weighted by atomic mass is 10.0. The van der Waals surface area contributed by atoms with E-state index >= 15 is 0 Å². The number of hydrogen-bond donors (Lipinski definition) is 1. The van der Waals surface area contributed by atoms with Gasteiger partial charge in [0.05, 0.1) is 6.10 Å². The van der Waals surface area contributed by atoms with E-state index in [0.29, 0.717) is 16.5 Å². The van der Waals surface area contributed by atoms with Gasteiger partial charge in [0.2, 0.25) is 0 Å². The lowest BCUT2D eigenvalue weighted by Gasteiger charge is -2.12. The summed E-state index contributed by atoms with van der Waals surface area (Å²) >= 11 is 3.26. The van der Waals surface area contributed by atoms with E-state index in [4.69, 9.17) is 0 Å². The Balaban J connectivity index is 2.13. The Hall–Kier alpha value is -1.26. The molecule has 2 nitrogen and oxygen atoms in total. The highest BCUT2D eigenvalue weighted by molar-refractivity contribution is 9.10. The zero-order valence-corrected chi connectivity index (χ0v) is 12.2. The number of aliphatic hydroxyl groups is 1. The monoisotopic (exact) mass is 323 g/mol. The average Bonchev–Trinajstić information content (AvgIpc) is 2.39. The number of rotatable bonds is 4. The molecule has 0 aliphatic heterocycles. The Bertz CT molecular complexity index is 557. The van der Waals surface area contributed by atoms with Gasteiger partial charge in [-0.25, -0.2) is 4.39 Å². The fourth-order valence-electron chi connectivity index (χ4n) is 1.86. The van der Waals surface area contributed by atoms with Crippen molar-refractivity contribution in [3.8, 4) is 0 Å². The van der Waals surface area contributed by atoms with Crippen LogP contribution in [0.1, 0.15) is 29.8 Å². The second kappa shape index (κ2) is 6.26. The van der Waals surface area contributed by atoms with E-state index in [1.807, 2.05) is 18.3 Å². The molecule has 100 valence electrons. The summed E-state index contributed by atoms with van der Waals surface area (Å²) in [6, 6.07) is 8.21. The molecule has 1 heterocycles. The Kier molecular flexibility index (Phi) is 4.66. The van der Waals surface area contributed by atoms with Crippen LogP contribution in [0.5, 0.6) is 0 Å². The predicted octanol–water partition coefficient (Wildman–Crippen LogP) is 3.82. The molecule has 0 aliphatic rings. The summed E-state index contributed by atoms with van der Waals surface area (Å²) in [5.41, 5.74) is 2.66. The highest BCUT2D eigenvalue weighted by Crippen LogP contribution is 2.26. The fourth-order valence-corrected chi connectivity index (χ4v) is 2.48. The minimum Gasteiger partial charge on any atom is -0.388 e. The first kappa shape index (κ1) is 14.2. The number of aromatic nitrogens is 1. The number of nitrogens with zero attached hydrogens (tertiary/aromatic N) is 1. The summed E-state index contributed by atoms with van der Waals surface area (Å²) in [6.07, 6.45) is 2.48. The van der Waals surface area contributed by atoms with Gasteiger partial charge in [0.1, 0.15) is 5.82 Å². The molecule has 1 atom stereocenters. The molecule has 0 bridgehead atoms. The van der Waals surface area contributed by atoms with Gasteiger partial charge in [-0.05, 0) is 35.7 Å². The molecule has 2 aromatic rings. The van der Waals surface area contributed by atoms with Crippen LogP contribution in [-0.2, 0) is 12.8 Å². The van der Waals surface area contributed by atoms with Gasteiger partial charge in [0.25, 0.3) is 0 Å². The fraction of sp³-hybridized carbons (Fsp3) is 0.267. The molecule has 19 heavy (non-hydrogen) atoms. The van der Waals surface area contributed by atoms with Crippen molar-refractivity contribution in [3.63, 3.8) is 0 Å². The Labute approximate surface area is 120 Å². The molecule has 1 N–H and O–H groups in total. The average molecular weight is 324 g/mol. The quantitative estimate of drug-likeness (QED) is 0.927. The number of benzene rings is 1. The molecule has 1 aromatic heterocycles. The van der Waals surface area contributed by atoms with Crippen LogP contribution in [0.3, 0.4) is 0 Å². The van der Waals surface area contributed by atoms with Crippen LogP contribution in [0.4, 0.5) is 4.39 Å². The normalized spacial score (nSPS) is 12.4. The summed E-state index contributed by atoms with van der Waals surface area (Å²) < 4.78 is 13.6. The first-order valence-corrected chi connectivity index (χ1v) is 6.96. The first-order chi connectivity index (χ1) is 9.10. The lowest BCUT2D eigenvalue weighted by molar-refractivity contribution is 0.176. The van der Waals surface area contributed by atoms with Crippen molar-refractivity contribution in [3.05, 3.63) is 63.6 Å². The molecule has 0 saturated carbocycles. The number of hydrogen-bond acceptors (Lipinski definition) is 2. The van der Waals surface area contributed by atoms with Crippen LogP contribution in [-0.4, -0.2) is 10.1 Å². The van der Waals surface area contributed by atoms with Crippen LogP contribution < -0.4 is 0 Å². The second-order valence-corrected chi connectivity index (χ2v) is 5.25. The third-order valence-electron chi connectivity index (χ3n) is 3.02. The summed E-state index contributed by atoms with van der Waals surface area (Å²) in [4.78, 5) is 4.31. The zero-order chi connectivity index (χ0) is 13.8. The summed E-state index contributed by atoms with van der Waals surface area (Å²) in [6.45, 7) is 2.07. The van der Waals surface area contributed by atoms with Crippen molar-refractivity contribution < 1.29 is 9.50 Å². The highest BCUT2D eigenvalue weighted by atomic mass is 79.9. The minimum absolute atomic E-state index is 0.326. The van der Waals surface area contributed by atoms with E-state index in [1.54, 1.807) is 6.07 Å². The van der Waals surface area contributed by atoms with Crippen molar-refractivity contribution in [2.45, 2.75) is 25.9 Å². The lowest BCUT2D eigenvalue weighted by Crippen LogP contribution is -2.04. The summed E-state index contributed by atoms with van der Waals surface area (Å²) in [7, 11) is 0. The van der Waals surface area contributed by atoms with Crippen LogP contribution in [0.25, 0.3) is 0 Å². The Morgan fingerprint density at radius 2 is 2.11 bits per heavy atom. The van der Waals surface area contributed by atoms with Gasteiger partial charge < -0.3 is 5.11 Å².